The number of aromatic nitrogens is 4. The molecular weight excluding hydrogens is 300 g/mol. The fourth-order valence-corrected chi connectivity index (χ4v) is 3.12. The molecule has 0 aliphatic heterocycles. The molecular formula is C11H12N4O3S2. The number of nitrogens with one attached hydrogen (secondary N) is 1. The van der Waals surface area contributed by atoms with Crippen LogP contribution in [0.25, 0.3) is 0 Å². The SMILES string of the molecule is O=C(O)CSc1nnc(C2CC2)n1Cc1csc(=O)[nH]1. The first-order valence-corrected chi connectivity index (χ1v) is 7.94. The third-order valence-electron chi connectivity index (χ3n) is 2.91. The molecule has 106 valence electrons. The summed E-state index contributed by atoms with van der Waals surface area (Å²) < 4.78 is 1.91. The van der Waals surface area contributed by atoms with Gasteiger partial charge >= 0.3 is 10.8 Å². The number of carbonyl (C=O) groups is 1. The monoisotopic (exact) mass is 312 g/mol. The minimum absolute atomic E-state index is 0.0526. The number of aromatic amines is 1. The van der Waals surface area contributed by atoms with Crippen LogP contribution in [-0.2, 0) is 11.3 Å². The Balaban J connectivity index is 1.86. The average Bonchev–Trinajstić information content (AvgIpc) is 3.05. The fraction of sp³-hybridized carbons (Fsp3) is 0.455. The number of thiazole rings is 1. The number of thioether (sulfide) groups is 1. The minimum Gasteiger partial charge on any atom is -0.481 e. The molecule has 2 heterocycles. The molecule has 3 rings (SSSR count). The lowest BCUT2D eigenvalue weighted by Crippen LogP contribution is -2.09. The third kappa shape index (κ3) is 2.93. The normalized spacial score (nSPS) is 14.6. The Bertz CT molecular complexity index is 686. The Morgan fingerprint density at radius 2 is 2.35 bits per heavy atom. The first-order chi connectivity index (χ1) is 9.63. The van der Waals surface area contributed by atoms with Crippen LogP contribution >= 0.6 is 23.1 Å². The molecule has 0 saturated heterocycles. The van der Waals surface area contributed by atoms with Crippen molar-refractivity contribution >= 4 is 29.1 Å². The zero-order valence-electron chi connectivity index (χ0n) is 10.4. The predicted octanol–water partition coefficient (Wildman–Crippen LogP) is 1.13. The largest absolute Gasteiger partial charge is 0.481 e. The molecule has 0 spiro atoms. The summed E-state index contributed by atoms with van der Waals surface area (Å²) in [5.41, 5.74) is 0.791. The van der Waals surface area contributed by atoms with Crippen LogP contribution in [0.3, 0.4) is 0 Å². The van der Waals surface area contributed by atoms with Gasteiger partial charge in [0.2, 0.25) is 0 Å². The Morgan fingerprint density at radius 3 is 2.95 bits per heavy atom. The summed E-state index contributed by atoms with van der Waals surface area (Å²) in [6.45, 7) is 0.472. The van der Waals surface area contributed by atoms with Crippen molar-refractivity contribution in [3.63, 3.8) is 0 Å². The molecule has 20 heavy (non-hydrogen) atoms. The van der Waals surface area contributed by atoms with Crippen molar-refractivity contribution in [2.45, 2.75) is 30.5 Å². The molecule has 0 bridgehead atoms. The van der Waals surface area contributed by atoms with E-state index in [0.717, 1.165) is 47.5 Å². The Hall–Kier alpha value is -1.61. The van der Waals surface area contributed by atoms with Gasteiger partial charge in [-0.1, -0.05) is 23.1 Å². The van der Waals surface area contributed by atoms with E-state index in [1.165, 1.54) is 0 Å². The lowest BCUT2D eigenvalue weighted by atomic mass is 10.4. The van der Waals surface area contributed by atoms with Gasteiger partial charge in [0.05, 0.1) is 12.3 Å². The molecule has 1 fully saturated rings. The molecule has 0 radical (unpaired) electrons. The van der Waals surface area contributed by atoms with E-state index in [4.69, 9.17) is 5.11 Å². The quantitative estimate of drug-likeness (QED) is 0.775. The van der Waals surface area contributed by atoms with Crippen molar-refractivity contribution in [3.05, 3.63) is 26.6 Å². The number of H-pyrrole nitrogens is 1. The number of carboxylic acids is 1. The summed E-state index contributed by atoms with van der Waals surface area (Å²) in [7, 11) is 0. The van der Waals surface area contributed by atoms with Gasteiger partial charge in [0.15, 0.2) is 5.16 Å². The second-order valence-corrected chi connectivity index (χ2v) is 6.34. The topological polar surface area (TPSA) is 101 Å². The van der Waals surface area contributed by atoms with Gasteiger partial charge in [0.1, 0.15) is 5.82 Å². The van der Waals surface area contributed by atoms with E-state index in [2.05, 4.69) is 15.2 Å². The maximum atomic E-state index is 11.2. The summed E-state index contributed by atoms with van der Waals surface area (Å²) in [4.78, 5) is 24.5. The molecule has 2 N–H and O–H groups in total. The van der Waals surface area contributed by atoms with Gasteiger partial charge in [-0.15, -0.1) is 10.2 Å². The maximum Gasteiger partial charge on any atom is 0.313 e. The number of nitrogens with zero attached hydrogens (tertiary/aromatic N) is 3. The van der Waals surface area contributed by atoms with Gasteiger partial charge in [-0.05, 0) is 12.8 Å². The number of aliphatic carboxylic acids is 1. The van der Waals surface area contributed by atoms with E-state index >= 15 is 0 Å². The van der Waals surface area contributed by atoms with E-state index in [-0.39, 0.29) is 10.6 Å². The molecule has 7 nitrogen and oxygen atoms in total. The third-order valence-corrected chi connectivity index (χ3v) is 4.58. The molecule has 1 saturated carbocycles. The highest BCUT2D eigenvalue weighted by Gasteiger charge is 2.30. The fourth-order valence-electron chi connectivity index (χ4n) is 1.89. The molecule has 2 aromatic heterocycles. The average molecular weight is 312 g/mol. The highest BCUT2D eigenvalue weighted by molar-refractivity contribution is 7.99. The van der Waals surface area contributed by atoms with Gasteiger partial charge < -0.3 is 10.1 Å². The van der Waals surface area contributed by atoms with Crippen LogP contribution in [-0.4, -0.2) is 36.6 Å². The smallest absolute Gasteiger partial charge is 0.313 e. The van der Waals surface area contributed by atoms with Crippen LogP contribution in [0.4, 0.5) is 0 Å². The van der Waals surface area contributed by atoms with Crippen molar-refractivity contribution < 1.29 is 9.90 Å². The summed E-state index contributed by atoms with van der Waals surface area (Å²) in [6, 6.07) is 0. The highest BCUT2D eigenvalue weighted by atomic mass is 32.2. The molecule has 1 aliphatic carbocycles. The summed E-state index contributed by atoms with van der Waals surface area (Å²) >= 11 is 2.26. The lowest BCUT2D eigenvalue weighted by molar-refractivity contribution is -0.133. The molecule has 2 aromatic rings. The van der Waals surface area contributed by atoms with Crippen LogP contribution in [0.5, 0.6) is 0 Å². The zero-order chi connectivity index (χ0) is 14.1. The first-order valence-electron chi connectivity index (χ1n) is 6.08. The van der Waals surface area contributed by atoms with Gasteiger partial charge in [0, 0.05) is 17.0 Å². The molecule has 1 aliphatic rings. The van der Waals surface area contributed by atoms with E-state index in [1.54, 1.807) is 5.38 Å². The van der Waals surface area contributed by atoms with Crippen LogP contribution in [0.1, 0.15) is 30.3 Å². The second kappa shape index (κ2) is 5.41. The molecule has 0 amide bonds. The van der Waals surface area contributed by atoms with Gasteiger partial charge in [-0.25, -0.2) is 0 Å². The van der Waals surface area contributed by atoms with Crippen LogP contribution < -0.4 is 4.87 Å². The van der Waals surface area contributed by atoms with Crippen molar-refractivity contribution in [2.24, 2.45) is 0 Å². The summed E-state index contributed by atoms with van der Waals surface area (Å²) in [6.07, 6.45) is 2.17. The lowest BCUT2D eigenvalue weighted by Gasteiger charge is -2.07. The van der Waals surface area contributed by atoms with Crippen molar-refractivity contribution in [2.75, 3.05) is 5.75 Å². The van der Waals surface area contributed by atoms with Gasteiger partial charge in [-0.2, -0.15) is 0 Å². The number of hydrogen-bond acceptors (Lipinski definition) is 6. The molecule has 0 atom stereocenters. The van der Waals surface area contributed by atoms with Crippen LogP contribution in [0.2, 0.25) is 0 Å². The Kier molecular flexibility index (Phi) is 3.62. The number of rotatable bonds is 6. The first kappa shape index (κ1) is 13.4. The van der Waals surface area contributed by atoms with Crippen molar-refractivity contribution in [1.29, 1.82) is 0 Å². The van der Waals surface area contributed by atoms with E-state index in [0.29, 0.717) is 17.6 Å². The van der Waals surface area contributed by atoms with Gasteiger partial charge in [-0.3, -0.25) is 14.2 Å². The Morgan fingerprint density at radius 1 is 1.55 bits per heavy atom. The molecule has 0 unspecified atom stereocenters. The van der Waals surface area contributed by atoms with Gasteiger partial charge in [0.25, 0.3) is 0 Å². The molecule has 0 aromatic carbocycles. The van der Waals surface area contributed by atoms with Crippen LogP contribution in [0.15, 0.2) is 15.3 Å². The van der Waals surface area contributed by atoms with Crippen molar-refractivity contribution in [3.8, 4) is 0 Å². The van der Waals surface area contributed by atoms with Crippen LogP contribution in [0, 0.1) is 0 Å². The minimum atomic E-state index is -0.888. The summed E-state index contributed by atoms with van der Waals surface area (Å²) in [5.74, 6) is 0.349. The van der Waals surface area contributed by atoms with E-state index in [9.17, 15) is 9.59 Å². The second-order valence-electron chi connectivity index (χ2n) is 4.56. The molecule has 9 heteroatoms. The van der Waals surface area contributed by atoms with E-state index < -0.39 is 5.97 Å². The van der Waals surface area contributed by atoms with E-state index in [1.807, 2.05) is 4.57 Å². The predicted molar refractivity (Wildman–Crippen MR) is 74.4 cm³/mol. The number of hydrogen-bond donors (Lipinski definition) is 2. The standard InChI is InChI=1S/C11H12N4O3S2/c16-8(17)5-19-10-14-13-9(6-1-2-6)15(10)3-7-4-20-11(18)12-7/h4,6H,1-3,5H2,(H,12,18)(H,16,17). The summed E-state index contributed by atoms with van der Waals surface area (Å²) in [5, 5.41) is 19.4. The highest BCUT2D eigenvalue weighted by Crippen LogP contribution is 2.40. The van der Waals surface area contributed by atoms with Crippen molar-refractivity contribution in [1.82, 2.24) is 19.7 Å². The maximum absolute atomic E-state index is 11.2. The Labute approximate surface area is 122 Å². The number of carboxylic acid groups (broad SMARTS) is 1. The zero-order valence-corrected chi connectivity index (χ0v) is 12.0.